The van der Waals surface area contributed by atoms with Crippen LogP contribution in [0.5, 0.6) is 0 Å². The molecule has 3 nitrogen and oxygen atoms in total. The van der Waals surface area contributed by atoms with E-state index >= 15 is 0 Å². The Hall–Kier alpha value is -0.430. The van der Waals surface area contributed by atoms with Crippen molar-refractivity contribution in [3.63, 3.8) is 0 Å². The van der Waals surface area contributed by atoms with Crippen molar-refractivity contribution in [1.82, 2.24) is 5.32 Å². The van der Waals surface area contributed by atoms with Crippen molar-refractivity contribution >= 4 is 17.7 Å². The zero-order valence-corrected chi connectivity index (χ0v) is 9.25. The van der Waals surface area contributed by atoms with E-state index in [0.29, 0.717) is 6.42 Å². The standard InChI is InChI=1S/C8H15F3N2OS/c1-2-3-6(12)7(14)13-4-5-15-8(9,10)11/h6H,2-5,12H2,1H3,(H,13,14)/t6-/m0/s1. The van der Waals surface area contributed by atoms with E-state index in [1.807, 2.05) is 6.92 Å². The highest BCUT2D eigenvalue weighted by atomic mass is 32.2. The number of hydrogen-bond acceptors (Lipinski definition) is 3. The maximum Gasteiger partial charge on any atom is 0.441 e. The van der Waals surface area contributed by atoms with E-state index in [2.05, 4.69) is 5.32 Å². The first kappa shape index (κ1) is 14.6. The van der Waals surface area contributed by atoms with E-state index < -0.39 is 11.6 Å². The highest BCUT2D eigenvalue weighted by Gasteiger charge is 2.27. The number of halogens is 3. The van der Waals surface area contributed by atoms with Crippen LogP contribution in [0.1, 0.15) is 19.8 Å². The van der Waals surface area contributed by atoms with Crippen LogP contribution in [0.15, 0.2) is 0 Å². The van der Waals surface area contributed by atoms with Gasteiger partial charge in [0.05, 0.1) is 6.04 Å². The molecule has 0 aromatic heterocycles. The van der Waals surface area contributed by atoms with Crippen molar-refractivity contribution < 1.29 is 18.0 Å². The summed E-state index contributed by atoms with van der Waals surface area (Å²) in [6.07, 6.45) is 1.31. The summed E-state index contributed by atoms with van der Waals surface area (Å²) < 4.78 is 35.1. The van der Waals surface area contributed by atoms with E-state index in [-0.39, 0.29) is 30.0 Å². The molecule has 90 valence electrons. The Bertz CT molecular complexity index is 199. The van der Waals surface area contributed by atoms with Crippen LogP contribution in [0.2, 0.25) is 0 Å². The van der Waals surface area contributed by atoms with Crippen LogP contribution in [0.25, 0.3) is 0 Å². The summed E-state index contributed by atoms with van der Waals surface area (Å²) in [7, 11) is 0. The molecule has 1 atom stereocenters. The summed E-state index contributed by atoms with van der Waals surface area (Å²) in [6.45, 7) is 1.87. The smallest absolute Gasteiger partial charge is 0.354 e. The first-order valence-electron chi connectivity index (χ1n) is 4.60. The SMILES string of the molecule is CCC[C@H](N)C(=O)NCCSC(F)(F)F. The van der Waals surface area contributed by atoms with Crippen molar-refractivity contribution in [2.75, 3.05) is 12.3 Å². The predicted octanol–water partition coefficient (Wildman–Crippen LogP) is 1.48. The molecule has 1 amide bonds. The maximum atomic E-state index is 11.7. The third-order valence-corrected chi connectivity index (χ3v) is 2.34. The van der Waals surface area contributed by atoms with E-state index in [1.165, 1.54) is 0 Å². The zero-order valence-electron chi connectivity index (χ0n) is 8.43. The van der Waals surface area contributed by atoms with Crippen LogP contribution in [0, 0.1) is 0 Å². The van der Waals surface area contributed by atoms with Gasteiger partial charge in [0.25, 0.3) is 0 Å². The molecule has 0 saturated heterocycles. The Morgan fingerprint density at radius 2 is 2.13 bits per heavy atom. The van der Waals surface area contributed by atoms with Gasteiger partial charge in [-0.1, -0.05) is 13.3 Å². The summed E-state index contributed by atoms with van der Waals surface area (Å²) in [5, 5.41) is 2.36. The van der Waals surface area contributed by atoms with Crippen molar-refractivity contribution in [3.8, 4) is 0 Å². The van der Waals surface area contributed by atoms with Crippen LogP contribution < -0.4 is 11.1 Å². The fourth-order valence-corrected chi connectivity index (χ4v) is 1.35. The molecular formula is C8H15F3N2OS. The maximum absolute atomic E-state index is 11.7. The number of carbonyl (C=O) groups excluding carboxylic acids is 1. The Kier molecular flexibility index (Phi) is 6.75. The third kappa shape index (κ3) is 8.56. The number of alkyl halides is 3. The molecular weight excluding hydrogens is 229 g/mol. The summed E-state index contributed by atoms with van der Waals surface area (Å²) in [4.78, 5) is 11.1. The fourth-order valence-electron chi connectivity index (χ4n) is 0.914. The first-order chi connectivity index (χ1) is 6.87. The average molecular weight is 244 g/mol. The van der Waals surface area contributed by atoms with Gasteiger partial charge in [0.15, 0.2) is 0 Å². The monoisotopic (exact) mass is 244 g/mol. The summed E-state index contributed by atoms with van der Waals surface area (Å²) >= 11 is -0.155. The third-order valence-electron chi connectivity index (χ3n) is 1.60. The number of nitrogens with two attached hydrogens (primary N) is 1. The normalized spacial score (nSPS) is 13.7. The van der Waals surface area contributed by atoms with Gasteiger partial charge in [-0.3, -0.25) is 4.79 Å². The zero-order chi connectivity index (χ0) is 11.9. The fraction of sp³-hybridized carbons (Fsp3) is 0.875. The number of nitrogens with one attached hydrogen (secondary N) is 1. The Labute approximate surface area is 91.0 Å². The van der Waals surface area contributed by atoms with Gasteiger partial charge in [0, 0.05) is 12.3 Å². The lowest BCUT2D eigenvalue weighted by Crippen LogP contribution is -2.41. The van der Waals surface area contributed by atoms with Gasteiger partial charge >= 0.3 is 5.51 Å². The quantitative estimate of drug-likeness (QED) is 0.696. The molecule has 0 saturated carbocycles. The molecule has 7 heteroatoms. The van der Waals surface area contributed by atoms with Crippen LogP contribution in [-0.4, -0.2) is 29.8 Å². The minimum absolute atomic E-state index is 0.0135. The van der Waals surface area contributed by atoms with Crippen LogP contribution in [0.4, 0.5) is 13.2 Å². The van der Waals surface area contributed by atoms with Gasteiger partial charge in [0.1, 0.15) is 0 Å². The number of thioether (sulfide) groups is 1. The van der Waals surface area contributed by atoms with E-state index in [1.54, 1.807) is 0 Å². The molecule has 0 bridgehead atoms. The number of carbonyl (C=O) groups is 1. The van der Waals surface area contributed by atoms with Crippen molar-refractivity contribution in [1.29, 1.82) is 0 Å². The Morgan fingerprint density at radius 3 is 2.60 bits per heavy atom. The van der Waals surface area contributed by atoms with Crippen LogP contribution in [-0.2, 0) is 4.79 Å². The van der Waals surface area contributed by atoms with Crippen LogP contribution in [0.3, 0.4) is 0 Å². The second-order valence-electron chi connectivity index (χ2n) is 2.98. The topological polar surface area (TPSA) is 55.1 Å². The molecule has 0 heterocycles. The molecule has 0 spiro atoms. The molecule has 15 heavy (non-hydrogen) atoms. The molecule has 3 N–H and O–H groups in total. The Balaban J connectivity index is 3.55. The Morgan fingerprint density at radius 1 is 1.53 bits per heavy atom. The van der Waals surface area contributed by atoms with Crippen LogP contribution >= 0.6 is 11.8 Å². The van der Waals surface area contributed by atoms with Crippen molar-refractivity contribution in [2.24, 2.45) is 5.73 Å². The lowest BCUT2D eigenvalue weighted by Gasteiger charge is -2.11. The minimum atomic E-state index is -4.24. The number of amides is 1. The largest absolute Gasteiger partial charge is 0.441 e. The molecule has 0 aromatic carbocycles. The molecule has 0 aliphatic heterocycles. The van der Waals surface area contributed by atoms with E-state index in [9.17, 15) is 18.0 Å². The number of rotatable bonds is 6. The van der Waals surface area contributed by atoms with Gasteiger partial charge in [-0.2, -0.15) is 13.2 Å². The lowest BCUT2D eigenvalue weighted by molar-refractivity contribution is -0.122. The lowest BCUT2D eigenvalue weighted by atomic mass is 10.2. The molecule has 0 aromatic rings. The predicted molar refractivity (Wildman–Crippen MR) is 54.4 cm³/mol. The second-order valence-corrected chi connectivity index (χ2v) is 4.14. The van der Waals surface area contributed by atoms with E-state index in [0.717, 1.165) is 6.42 Å². The number of hydrogen-bond donors (Lipinski definition) is 2. The molecule has 0 aliphatic rings. The van der Waals surface area contributed by atoms with E-state index in [4.69, 9.17) is 5.73 Å². The summed E-state index contributed by atoms with van der Waals surface area (Å²) in [6, 6.07) is -0.620. The summed E-state index contributed by atoms with van der Waals surface area (Å²) in [5.74, 6) is -0.576. The van der Waals surface area contributed by atoms with Crippen molar-refractivity contribution in [3.05, 3.63) is 0 Å². The van der Waals surface area contributed by atoms with Gasteiger partial charge < -0.3 is 11.1 Å². The van der Waals surface area contributed by atoms with Gasteiger partial charge in [-0.25, -0.2) is 0 Å². The molecule has 0 radical (unpaired) electrons. The molecule has 0 rings (SSSR count). The minimum Gasteiger partial charge on any atom is -0.354 e. The second kappa shape index (κ2) is 6.95. The van der Waals surface area contributed by atoms with Gasteiger partial charge in [-0.05, 0) is 18.2 Å². The highest BCUT2D eigenvalue weighted by molar-refractivity contribution is 8.00. The van der Waals surface area contributed by atoms with Gasteiger partial charge in [-0.15, -0.1) is 0 Å². The first-order valence-corrected chi connectivity index (χ1v) is 5.59. The highest BCUT2D eigenvalue weighted by Crippen LogP contribution is 2.29. The summed E-state index contributed by atoms with van der Waals surface area (Å²) in [5.41, 5.74) is 1.21. The molecule has 0 fully saturated rings. The van der Waals surface area contributed by atoms with Gasteiger partial charge in [0.2, 0.25) is 5.91 Å². The van der Waals surface area contributed by atoms with Crippen molar-refractivity contribution in [2.45, 2.75) is 31.3 Å². The molecule has 0 aliphatic carbocycles. The molecule has 0 unspecified atom stereocenters. The average Bonchev–Trinajstić information content (AvgIpc) is 2.11.